The maximum Gasteiger partial charge on any atom is 0.139 e. The van der Waals surface area contributed by atoms with Gasteiger partial charge in [0.25, 0.3) is 0 Å². The molecular weight excluding hydrogens is 159 g/mol. The molecule has 0 aliphatic rings. The van der Waals surface area contributed by atoms with E-state index in [0.29, 0.717) is 10.5 Å². The van der Waals surface area contributed by atoms with Crippen LogP contribution < -0.4 is 0 Å². The molecule has 0 aromatic carbocycles. The van der Waals surface area contributed by atoms with Gasteiger partial charge in [-0.25, -0.2) is 4.39 Å². The lowest BCUT2D eigenvalue weighted by atomic mass is 10.2. The van der Waals surface area contributed by atoms with E-state index in [1.165, 1.54) is 17.8 Å². The van der Waals surface area contributed by atoms with Crippen molar-refractivity contribution in [1.29, 1.82) is 0 Å². The second-order valence-electron chi connectivity index (χ2n) is 2.06. The lowest BCUT2D eigenvalue weighted by molar-refractivity contribution is 0.654. The maximum atomic E-state index is 13.2. The molecule has 0 atom stereocenters. The minimum atomic E-state index is -0.171. The van der Waals surface area contributed by atoms with Crippen molar-refractivity contribution < 1.29 is 4.39 Å². The molecule has 0 radical (unpaired) electrons. The zero-order chi connectivity index (χ0) is 8.85. The van der Waals surface area contributed by atoms with E-state index in [-0.39, 0.29) is 5.83 Å². The van der Waals surface area contributed by atoms with E-state index in [0.717, 1.165) is 0 Å². The van der Waals surface area contributed by atoms with E-state index in [4.69, 9.17) is 0 Å². The third-order valence-corrected chi connectivity index (χ3v) is 2.21. The molecule has 2 heteroatoms. The molecule has 0 N–H and O–H groups in total. The number of hydrogen-bond donors (Lipinski definition) is 0. The Labute approximate surface area is 71.9 Å². The molecule has 0 aliphatic heterocycles. The van der Waals surface area contributed by atoms with Gasteiger partial charge in [-0.3, -0.25) is 0 Å². The molecule has 0 amide bonds. The zero-order valence-electron chi connectivity index (χ0n) is 7.15. The summed E-state index contributed by atoms with van der Waals surface area (Å²) in [6, 6.07) is 0. The molecule has 11 heavy (non-hydrogen) atoms. The van der Waals surface area contributed by atoms with Crippen LogP contribution in [-0.2, 0) is 0 Å². The molecule has 0 saturated heterocycles. The van der Waals surface area contributed by atoms with Gasteiger partial charge in [0, 0.05) is 4.91 Å². The Hall–Kier alpha value is -0.500. The Balaban J connectivity index is 4.70. The van der Waals surface area contributed by atoms with E-state index in [9.17, 15) is 4.39 Å². The second-order valence-corrected chi connectivity index (χ2v) is 2.91. The molecule has 0 aromatic rings. The summed E-state index contributed by atoms with van der Waals surface area (Å²) >= 11 is 1.40. The third kappa shape index (κ3) is 2.93. The highest BCUT2D eigenvalue weighted by Crippen LogP contribution is 2.25. The number of allylic oxidation sites excluding steroid dienone is 4. The van der Waals surface area contributed by atoms with Crippen molar-refractivity contribution in [1.82, 2.24) is 0 Å². The molecule has 0 spiro atoms. The first-order chi connectivity index (χ1) is 5.17. The summed E-state index contributed by atoms with van der Waals surface area (Å²) < 4.78 is 13.2. The van der Waals surface area contributed by atoms with Crippen LogP contribution >= 0.6 is 11.8 Å². The summed E-state index contributed by atoms with van der Waals surface area (Å²) in [5, 5.41) is 0. The van der Waals surface area contributed by atoms with Gasteiger partial charge >= 0.3 is 0 Å². The molecule has 0 rings (SSSR count). The van der Waals surface area contributed by atoms with E-state index in [1.807, 2.05) is 13.2 Å². The van der Waals surface area contributed by atoms with E-state index in [1.54, 1.807) is 13.0 Å². The lowest BCUT2D eigenvalue weighted by Gasteiger charge is -2.01. The molecule has 0 aliphatic carbocycles. The van der Waals surface area contributed by atoms with Gasteiger partial charge in [0.05, 0.1) is 0 Å². The highest BCUT2D eigenvalue weighted by molar-refractivity contribution is 8.02. The fourth-order valence-corrected chi connectivity index (χ4v) is 1.19. The van der Waals surface area contributed by atoms with E-state index >= 15 is 0 Å². The van der Waals surface area contributed by atoms with Crippen LogP contribution in [0, 0.1) is 0 Å². The molecular formula is C9H13FS. The van der Waals surface area contributed by atoms with Crippen LogP contribution in [0.3, 0.4) is 0 Å². The SMILES string of the molecule is C=C/C(C)=C(F)/C(=C\C)SC. The van der Waals surface area contributed by atoms with Crippen LogP contribution in [0.1, 0.15) is 13.8 Å². The summed E-state index contributed by atoms with van der Waals surface area (Å²) in [6.07, 6.45) is 5.13. The summed E-state index contributed by atoms with van der Waals surface area (Å²) in [5.41, 5.74) is 0.590. The predicted octanol–water partition coefficient (Wildman–Crippen LogP) is 3.68. The topological polar surface area (TPSA) is 0 Å². The monoisotopic (exact) mass is 172 g/mol. The number of rotatable bonds is 3. The van der Waals surface area contributed by atoms with Crippen molar-refractivity contribution in [3.63, 3.8) is 0 Å². The van der Waals surface area contributed by atoms with Crippen molar-refractivity contribution in [2.24, 2.45) is 0 Å². The van der Waals surface area contributed by atoms with Crippen molar-refractivity contribution in [3.05, 3.63) is 35.0 Å². The first kappa shape index (κ1) is 10.5. The molecule has 0 saturated carbocycles. The molecule has 0 nitrogen and oxygen atoms in total. The van der Waals surface area contributed by atoms with Gasteiger partial charge in [0.1, 0.15) is 5.83 Å². The molecule has 62 valence electrons. The van der Waals surface area contributed by atoms with Crippen molar-refractivity contribution in [3.8, 4) is 0 Å². The Morgan fingerprint density at radius 2 is 2.09 bits per heavy atom. The fraction of sp³-hybridized carbons (Fsp3) is 0.333. The van der Waals surface area contributed by atoms with Crippen molar-refractivity contribution >= 4 is 11.8 Å². The molecule has 0 fully saturated rings. The number of thioether (sulfide) groups is 1. The largest absolute Gasteiger partial charge is 0.205 e. The second kappa shape index (κ2) is 5.19. The summed E-state index contributed by atoms with van der Waals surface area (Å²) in [5.74, 6) is -0.171. The maximum absolute atomic E-state index is 13.2. The standard InChI is InChI=1S/C9H13FS/c1-5-7(3)9(10)8(6-2)11-4/h5-6H,1H2,2-4H3/b8-6+,9-7-. The molecule has 0 bridgehead atoms. The normalized spacial score (nSPS) is 14.4. The van der Waals surface area contributed by atoms with Gasteiger partial charge in [0.2, 0.25) is 0 Å². The van der Waals surface area contributed by atoms with Crippen molar-refractivity contribution in [2.45, 2.75) is 13.8 Å². The van der Waals surface area contributed by atoms with Crippen LogP contribution in [0.25, 0.3) is 0 Å². The minimum absolute atomic E-state index is 0.171. The zero-order valence-corrected chi connectivity index (χ0v) is 7.96. The molecule has 0 heterocycles. The smallest absolute Gasteiger partial charge is 0.139 e. The minimum Gasteiger partial charge on any atom is -0.205 e. The van der Waals surface area contributed by atoms with Gasteiger partial charge in [-0.1, -0.05) is 18.7 Å². The quantitative estimate of drug-likeness (QED) is 0.585. The number of halogens is 1. The molecule has 0 aromatic heterocycles. The summed E-state index contributed by atoms with van der Waals surface area (Å²) in [7, 11) is 0. The van der Waals surface area contributed by atoms with Gasteiger partial charge in [0.15, 0.2) is 0 Å². The lowest BCUT2D eigenvalue weighted by Crippen LogP contribution is -1.81. The van der Waals surface area contributed by atoms with Crippen LogP contribution in [0.2, 0.25) is 0 Å². The first-order valence-electron chi connectivity index (χ1n) is 3.36. The van der Waals surface area contributed by atoms with Crippen molar-refractivity contribution in [2.75, 3.05) is 6.26 Å². The average Bonchev–Trinajstić information content (AvgIpc) is 2.05. The van der Waals surface area contributed by atoms with Crippen LogP contribution in [-0.4, -0.2) is 6.26 Å². The Kier molecular flexibility index (Phi) is 4.95. The molecule has 0 unspecified atom stereocenters. The van der Waals surface area contributed by atoms with Gasteiger partial charge in [-0.15, -0.1) is 11.8 Å². The van der Waals surface area contributed by atoms with E-state index in [2.05, 4.69) is 6.58 Å². The van der Waals surface area contributed by atoms with Gasteiger partial charge in [-0.05, 0) is 25.7 Å². The van der Waals surface area contributed by atoms with Gasteiger partial charge in [-0.2, -0.15) is 0 Å². The Bertz CT molecular complexity index is 202. The van der Waals surface area contributed by atoms with Crippen LogP contribution in [0.5, 0.6) is 0 Å². The van der Waals surface area contributed by atoms with Crippen LogP contribution in [0.15, 0.2) is 35.0 Å². The van der Waals surface area contributed by atoms with Gasteiger partial charge < -0.3 is 0 Å². The number of hydrogen-bond acceptors (Lipinski definition) is 1. The highest BCUT2D eigenvalue weighted by atomic mass is 32.2. The van der Waals surface area contributed by atoms with E-state index < -0.39 is 0 Å². The first-order valence-corrected chi connectivity index (χ1v) is 4.59. The summed E-state index contributed by atoms with van der Waals surface area (Å²) in [4.78, 5) is 0.669. The third-order valence-electron chi connectivity index (χ3n) is 1.35. The average molecular weight is 172 g/mol. The Morgan fingerprint density at radius 3 is 2.36 bits per heavy atom. The highest BCUT2D eigenvalue weighted by Gasteiger charge is 2.03. The predicted molar refractivity (Wildman–Crippen MR) is 51.3 cm³/mol. The Morgan fingerprint density at radius 1 is 1.55 bits per heavy atom. The van der Waals surface area contributed by atoms with Crippen LogP contribution in [0.4, 0.5) is 4.39 Å². The summed E-state index contributed by atoms with van der Waals surface area (Å²) in [6.45, 7) is 7.03. The fourth-order valence-electron chi connectivity index (χ4n) is 0.618.